The smallest absolute Gasteiger partial charge is 0.161 e. The van der Waals surface area contributed by atoms with Crippen molar-refractivity contribution in [2.45, 2.75) is 25.5 Å². The molecule has 0 aromatic carbocycles. The largest absolute Gasteiger partial charge is 0.500 e. The van der Waals surface area contributed by atoms with E-state index in [1.54, 1.807) is 0 Å². The molecule has 1 aliphatic heterocycles. The number of rotatable bonds is 3. The molecule has 100 valence electrons. The first-order valence-electron chi connectivity index (χ1n) is 5.26. The molecule has 5 nitrogen and oxygen atoms in total. The molecule has 1 heterocycles. The maximum Gasteiger partial charge on any atom is 0.161 e. The first kappa shape index (κ1) is 14.5. The Hall–Kier alpha value is -0.560. The Balaban J connectivity index is 2.93. The highest BCUT2D eigenvalue weighted by Crippen LogP contribution is 2.26. The summed E-state index contributed by atoms with van der Waals surface area (Å²) in [5.41, 5.74) is 0.893. The molecule has 1 unspecified atom stereocenters. The third-order valence-electron chi connectivity index (χ3n) is 2.65. The molecule has 0 aliphatic carbocycles. The van der Waals surface area contributed by atoms with Crippen LogP contribution in [0.25, 0.3) is 0 Å². The lowest BCUT2D eigenvalue weighted by molar-refractivity contribution is 0.218. The molecule has 1 atom stereocenters. The molecular formula is C10H18O5S2. The molecule has 0 aromatic heterocycles. The van der Waals surface area contributed by atoms with Gasteiger partial charge < -0.3 is 4.74 Å². The minimum absolute atomic E-state index is 0.125. The molecule has 0 saturated carbocycles. The van der Waals surface area contributed by atoms with E-state index in [4.69, 9.17) is 4.74 Å². The molecule has 1 aliphatic rings. The fourth-order valence-electron chi connectivity index (χ4n) is 1.63. The summed E-state index contributed by atoms with van der Waals surface area (Å²) in [5, 5.41) is 0. The van der Waals surface area contributed by atoms with Crippen LogP contribution in [0.1, 0.15) is 20.8 Å². The van der Waals surface area contributed by atoms with Crippen molar-refractivity contribution in [3.05, 3.63) is 11.8 Å². The van der Waals surface area contributed by atoms with E-state index in [1.165, 1.54) is 13.2 Å². The normalized spacial score (nSPS) is 30.5. The predicted molar refractivity (Wildman–Crippen MR) is 66.2 cm³/mol. The van der Waals surface area contributed by atoms with E-state index in [2.05, 4.69) is 0 Å². The standard InChI is InChI=1S/C10H18O5S2/c1-9(2)6-15-7-10(3)8-16(11,12)4-5-17(10,13)14/h6H,4-5,7-8H2,1-3H3. The molecule has 0 aromatic rings. The lowest BCUT2D eigenvalue weighted by Crippen LogP contribution is -2.52. The van der Waals surface area contributed by atoms with Crippen molar-refractivity contribution in [3.63, 3.8) is 0 Å². The first-order valence-corrected chi connectivity index (χ1v) is 8.73. The van der Waals surface area contributed by atoms with Crippen molar-refractivity contribution >= 4 is 19.7 Å². The van der Waals surface area contributed by atoms with Crippen LogP contribution in [0, 0.1) is 0 Å². The molecule has 1 fully saturated rings. The molecule has 1 saturated heterocycles. The highest BCUT2D eigenvalue weighted by Gasteiger charge is 2.47. The van der Waals surface area contributed by atoms with E-state index in [1.807, 2.05) is 13.8 Å². The lowest BCUT2D eigenvalue weighted by Gasteiger charge is -2.32. The van der Waals surface area contributed by atoms with E-state index >= 15 is 0 Å². The summed E-state index contributed by atoms with van der Waals surface area (Å²) in [4.78, 5) is 0. The van der Waals surface area contributed by atoms with Crippen LogP contribution < -0.4 is 0 Å². The second-order valence-corrected chi connectivity index (χ2v) is 9.67. The zero-order valence-corrected chi connectivity index (χ0v) is 11.9. The average Bonchev–Trinajstić information content (AvgIpc) is 2.11. The van der Waals surface area contributed by atoms with E-state index < -0.39 is 24.4 Å². The van der Waals surface area contributed by atoms with Crippen LogP contribution in [-0.2, 0) is 24.4 Å². The van der Waals surface area contributed by atoms with Crippen LogP contribution in [0.5, 0.6) is 0 Å². The topological polar surface area (TPSA) is 77.5 Å². The summed E-state index contributed by atoms with van der Waals surface area (Å²) in [7, 11) is -6.72. The third-order valence-corrected chi connectivity index (χ3v) is 7.50. The van der Waals surface area contributed by atoms with Gasteiger partial charge in [0.2, 0.25) is 0 Å². The van der Waals surface area contributed by atoms with Gasteiger partial charge in [-0.15, -0.1) is 0 Å². The van der Waals surface area contributed by atoms with Crippen molar-refractivity contribution in [3.8, 4) is 0 Å². The highest BCUT2D eigenvalue weighted by molar-refractivity contribution is 7.99. The molecule has 0 bridgehead atoms. The Bertz CT molecular complexity index is 511. The van der Waals surface area contributed by atoms with Crippen LogP contribution in [0.15, 0.2) is 11.8 Å². The highest BCUT2D eigenvalue weighted by atomic mass is 32.2. The summed E-state index contributed by atoms with van der Waals surface area (Å²) >= 11 is 0. The number of ether oxygens (including phenoxy) is 1. The van der Waals surface area contributed by atoms with Gasteiger partial charge in [0.05, 0.1) is 23.5 Å². The van der Waals surface area contributed by atoms with E-state index in [0.29, 0.717) is 0 Å². The van der Waals surface area contributed by atoms with Crippen LogP contribution in [0.4, 0.5) is 0 Å². The van der Waals surface area contributed by atoms with E-state index in [0.717, 1.165) is 5.57 Å². The van der Waals surface area contributed by atoms with Gasteiger partial charge >= 0.3 is 0 Å². The van der Waals surface area contributed by atoms with Gasteiger partial charge in [0.25, 0.3) is 0 Å². The van der Waals surface area contributed by atoms with Crippen molar-refractivity contribution in [2.24, 2.45) is 0 Å². The van der Waals surface area contributed by atoms with Gasteiger partial charge in [-0.3, -0.25) is 0 Å². The molecule has 1 rings (SSSR count). The summed E-state index contributed by atoms with van der Waals surface area (Å²) < 4.78 is 50.7. The van der Waals surface area contributed by atoms with Crippen LogP contribution in [0.2, 0.25) is 0 Å². The van der Waals surface area contributed by atoms with Gasteiger partial charge in [0.1, 0.15) is 11.4 Å². The van der Waals surface area contributed by atoms with Crippen molar-refractivity contribution in [1.29, 1.82) is 0 Å². The quantitative estimate of drug-likeness (QED) is 0.706. The number of hydrogen-bond acceptors (Lipinski definition) is 5. The maximum absolute atomic E-state index is 11.9. The summed E-state index contributed by atoms with van der Waals surface area (Å²) in [6, 6.07) is 0. The van der Waals surface area contributed by atoms with Gasteiger partial charge in [0.15, 0.2) is 19.7 Å². The van der Waals surface area contributed by atoms with Gasteiger partial charge in [-0.1, -0.05) is 0 Å². The number of sulfone groups is 2. The Morgan fingerprint density at radius 3 is 2.35 bits per heavy atom. The second kappa shape index (κ2) is 4.61. The van der Waals surface area contributed by atoms with Crippen molar-refractivity contribution < 1.29 is 21.6 Å². The Kier molecular flexibility index (Phi) is 3.93. The van der Waals surface area contributed by atoms with E-state index in [-0.39, 0.29) is 23.9 Å². The molecular weight excluding hydrogens is 264 g/mol. The van der Waals surface area contributed by atoms with E-state index in [9.17, 15) is 16.8 Å². The molecule has 17 heavy (non-hydrogen) atoms. The Morgan fingerprint density at radius 1 is 1.24 bits per heavy atom. The minimum Gasteiger partial charge on any atom is -0.500 e. The Labute approximate surface area is 103 Å². The van der Waals surface area contributed by atoms with Gasteiger partial charge in [-0.05, 0) is 26.3 Å². The summed E-state index contributed by atoms with van der Waals surface area (Å²) in [5.74, 6) is -0.962. The molecule has 0 amide bonds. The zero-order valence-electron chi connectivity index (χ0n) is 10.3. The fraction of sp³-hybridized carbons (Fsp3) is 0.800. The van der Waals surface area contributed by atoms with Gasteiger partial charge in [-0.25, -0.2) is 16.8 Å². The van der Waals surface area contributed by atoms with Crippen molar-refractivity contribution in [2.75, 3.05) is 23.9 Å². The van der Waals surface area contributed by atoms with Crippen LogP contribution >= 0.6 is 0 Å². The monoisotopic (exact) mass is 282 g/mol. The van der Waals surface area contributed by atoms with Crippen LogP contribution in [0.3, 0.4) is 0 Å². The predicted octanol–water partition coefficient (Wildman–Crippen LogP) is 0.529. The minimum atomic E-state index is -3.43. The summed E-state index contributed by atoms with van der Waals surface area (Å²) in [6.07, 6.45) is 1.45. The molecule has 0 N–H and O–H groups in total. The van der Waals surface area contributed by atoms with Crippen molar-refractivity contribution in [1.82, 2.24) is 0 Å². The Morgan fingerprint density at radius 2 is 1.82 bits per heavy atom. The maximum atomic E-state index is 11.9. The molecule has 7 heteroatoms. The molecule has 0 spiro atoms. The lowest BCUT2D eigenvalue weighted by atomic mass is 10.2. The molecule has 0 radical (unpaired) electrons. The second-order valence-electron chi connectivity index (χ2n) is 4.87. The van der Waals surface area contributed by atoms with Gasteiger partial charge in [-0.2, -0.15) is 0 Å². The zero-order chi connectivity index (χ0) is 13.3. The number of allylic oxidation sites excluding steroid dienone is 1. The fourth-order valence-corrected chi connectivity index (χ4v) is 6.68. The van der Waals surface area contributed by atoms with Gasteiger partial charge in [0, 0.05) is 0 Å². The third kappa shape index (κ3) is 3.45. The summed E-state index contributed by atoms with van der Waals surface area (Å²) in [6.45, 7) is 4.93. The average molecular weight is 282 g/mol. The SMILES string of the molecule is CC(C)=COCC1(C)CS(=O)(=O)CCS1(=O)=O. The van der Waals surface area contributed by atoms with Crippen LogP contribution in [-0.4, -0.2) is 45.4 Å². The number of hydrogen-bond donors (Lipinski definition) is 0. The first-order chi connectivity index (χ1) is 7.58.